The largest absolute Gasteiger partial charge is 0.327 e. The summed E-state index contributed by atoms with van der Waals surface area (Å²) >= 11 is 8.93. The minimum Gasteiger partial charge on any atom is -0.327 e. The van der Waals surface area contributed by atoms with Crippen molar-refractivity contribution >= 4 is 33.3 Å². The molecule has 2 unspecified atom stereocenters. The Balaban J connectivity index is 2.31. The number of rotatable bonds is 2. The molecule has 1 aromatic rings. The van der Waals surface area contributed by atoms with Crippen molar-refractivity contribution in [3.05, 3.63) is 33.0 Å². The van der Waals surface area contributed by atoms with Crippen molar-refractivity contribution in [2.75, 3.05) is 0 Å². The fourth-order valence-corrected chi connectivity index (χ4v) is 2.87. The van der Waals surface area contributed by atoms with E-state index in [9.17, 15) is 9.18 Å². The van der Waals surface area contributed by atoms with E-state index < -0.39 is 5.82 Å². The Morgan fingerprint density at radius 2 is 2.06 bits per heavy atom. The molecule has 0 spiro atoms. The van der Waals surface area contributed by atoms with Crippen LogP contribution in [0, 0.1) is 11.7 Å². The van der Waals surface area contributed by atoms with Crippen molar-refractivity contribution in [3.63, 3.8) is 0 Å². The average molecular weight is 335 g/mol. The zero-order valence-electron chi connectivity index (χ0n) is 9.76. The van der Waals surface area contributed by atoms with Crippen molar-refractivity contribution in [2.24, 2.45) is 11.7 Å². The molecular formula is C13H14BrClFNO. The molecule has 5 heteroatoms. The first-order chi connectivity index (χ1) is 8.52. The third-order valence-corrected chi connectivity index (χ3v) is 4.72. The van der Waals surface area contributed by atoms with Crippen LogP contribution in [-0.4, -0.2) is 11.8 Å². The summed E-state index contributed by atoms with van der Waals surface area (Å²) < 4.78 is 14.4. The molecule has 1 saturated carbocycles. The molecule has 0 amide bonds. The lowest BCUT2D eigenvalue weighted by molar-refractivity contribution is 0.0867. The Morgan fingerprint density at radius 3 is 2.72 bits per heavy atom. The summed E-state index contributed by atoms with van der Waals surface area (Å²) in [7, 11) is 0. The second-order valence-corrected chi connectivity index (χ2v) is 5.87. The normalized spacial score (nSPS) is 24.0. The van der Waals surface area contributed by atoms with Crippen LogP contribution in [0.15, 0.2) is 16.6 Å². The molecule has 2 nitrogen and oxygen atoms in total. The topological polar surface area (TPSA) is 43.1 Å². The maximum absolute atomic E-state index is 14.0. The highest BCUT2D eigenvalue weighted by atomic mass is 79.9. The molecule has 2 rings (SSSR count). The Hall–Kier alpha value is -0.450. The molecule has 18 heavy (non-hydrogen) atoms. The number of hydrogen-bond acceptors (Lipinski definition) is 2. The van der Waals surface area contributed by atoms with Crippen molar-refractivity contribution in [3.8, 4) is 0 Å². The number of ketones is 1. The van der Waals surface area contributed by atoms with E-state index in [1.165, 1.54) is 6.07 Å². The van der Waals surface area contributed by atoms with Crippen LogP contribution in [-0.2, 0) is 0 Å². The van der Waals surface area contributed by atoms with Gasteiger partial charge in [-0.05, 0) is 40.9 Å². The number of carbonyl (C=O) groups excluding carboxylic acids is 1. The second kappa shape index (κ2) is 5.68. The van der Waals surface area contributed by atoms with Crippen LogP contribution >= 0.6 is 27.5 Å². The van der Waals surface area contributed by atoms with Gasteiger partial charge in [0.2, 0.25) is 0 Å². The molecule has 2 atom stereocenters. The molecule has 0 aliphatic heterocycles. The lowest BCUT2D eigenvalue weighted by atomic mass is 9.80. The van der Waals surface area contributed by atoms with Gasteiger partial charge in [0.25, 0.3) is 0 Å². The Labute approximate surface area is 119 Å². The van der Waals surface area contributed by atoms with Gasteiger partial charge in [-0.15, -0.1) is 0 Å². The molecule has 0 saturated heterocycles. The Morgan fingerprint density at radius 1 is 1.39 bits per heavy atom. The number of Topliss-reactive ketones (excluding diaryl/α,β-unsaturated/α-hetero) is 1. The highest BCUT2D eigenvalue weighted by Gasteiger charge is 2.31. The summed E-state index contributed by atoms with van der Waals surface area (Å²) in [5.74, 6) is -1.17. The highest BCUT2D eigenvalue weighted by molar-refractivity contribution is 9.10. The summed E-state index contributed by atoms with van der Waals surface area (Å²) in [6, 6.07) is 2.88. The zero-order chi connectivity index (χ0) is 13.3. The summed E-state index contributed by atoms with van der Waals surface area (Å²) in [4.78, 5) is 12.3. The van der Waals surface area contributed by atoms with Crippen molar-refractivity contribution in [1.29, 1.82) is 0 Å². The molecule has 2 N–H and O–H groups in total. The molecule has 1 aromatic carbocycles. The van der Waals surface area contributed by atoms with Gasteiger partial charge in [-0.2, -0.15) is 0 Å². The Kier molecular flexibility index (Phi) is 4.41. The van der Waals surface area contributed by atoms with Crippen LogP contribution in [0.3, 0.4) is 0 Å². The number of nitrogens with two attached hydrogens (primary N) is 1. The first kappa shape index (κ1) is 14.0. The van der Waals surface area contributed by atoms with E-state index in [-0.39, 0.29) is 28.3 Å². The molecule has 1 aliphatic carbocycles. The van der Waals surface area contributed by atoms with Gasteiger partial charge in [0.05, 0.1) is 10.6 Å². The summed E-state index contributed by atoms with van der Waals surface area (Å²) in [6.07, 6.45) is 3.56. The van der Waals surface area contributed by atoms with E-state index in [4.69, 9.17) is 17.3 Å². The van der Waals surface area contributed by atoms with Gasteiger partial charge in [0.1, 0.15) is 0 Å². The quantitative estimate of drug-likeness (QED) is 0.657. The van der Waals surface area contributed by atoms with Crippen LogP contribution in [0.2, 0.25) is 5.02 Å². The van der Waals surface area contributed by atoms with E-state index in [2.05, 4.69) is 15.9 Å². The number of halogens is 3. The van der Waals surface area contributed by atoms with Crippen LogP contribution < -0.4 is 5.73 Å². The molecular weight excluding hydrogens is 321 g/mol. The van der Waals surface area contributed by atoms with Gasteiger partial charge in [-0.25, -0.2) is 4.39 Å². The fraction of sp³-hybridized carbons (Fsp3) is 0.462. The summed E-state index contributed by atoms with van der Waals surface area (Å²) in [5, 5.41) is -0.0507. The van der Waals surface area contributed by atoms with E-state index in [1.54, 1.807) is 6.07 Å². The molecule has 98 valence electrons. The fourth-order valence-electron chi connectivity index (χ4n) is 2.40. The van der Waals surface area contributed by atoms with Crippen LogP contribution in [0.25, 0.3) is 0 Å². The SMILES string of the molecule is NC1CCCCC1C(=O)c1ccc(Br)c(Cl)c1F. The molecule has 1 fully saturated rings. The third kappa shape index (κ3) is 2.60. The number of benzene rings is 1. The summed E-state index contributed by atoms with van der Waals surface area (Å²) in [5.41, 5.74) is 6.00. The van der Waals surface area contributed by atoms with Crippen LogP contribution in [0.5, 0.6) is 0 Å². The van der Waals surface area contributed by atoms with E-state index in [1.807, 2.05) is 0 Å². The first-order valence-electron chi connectivity index (χ1n) is 5.95. The lowest BCUT2D eigenvalue weighted by Crippen LogP contribution is -2.38. The van der Waals surface area contributed by atoms with Crippen LogP contribution in [0.4, 0.5) is 4.39 Å². The monoisotopic (exact) mass is 333 g/mol. The average Bonchev–Trinajstić information content (AvgIpc) is 2.36. The lowest BCUT2D eigenvalue weighted by Gasteiger charge is -2.27. The van der Waals surface area contributed by atoms with Gasteiger partial charge in [-0.1, -0.05) is 24.4 Å². The van der Waals surface area contributed by atoms with E-state index in [0.29, 0.717) is 4.47 Å². The molecule has 0 radical (unpaired) electrons. The smallest absolute Gasteiger partial charge is 0.170 e. The predicted octanol–water partition coefficient (Wildman–Crippen LogP) is 3.94. The van der Waals surface area contributed by atoms with E-state index in [0.717, 1.165) is 25.7 Å². The van der Waals surface area contributed by atoms with Gasteiger partial charge < -0.3 is 5.73 Å². The van der Waals surface area contributed by atoms with Crippen molar-refractivity contribution in [1.82, 2.24) is 0 Å². The first-order valence-corrected chi connectivity index (χ1v) is 7.12. The van der Waals surface area contributed by atoms with Crippen molar-refractivity contribution < 1.29 is 9.18 Å². The molecule has 0 aromatic heterocycles. The van der Waals surface area contributed by atoms with Gasteiger partial charge in [0.15, 0.2) is 11.6 Å². The van der Waals surface area contributed by atoms with Gasteiger partial charge in [-0.3, -0.25) is 4.79 Å². The standard InChI is InChI=1S/C13H14BrClFNO/c14-9-6-5-8(12(16)11(9)15)13(18)7-3-1-2-4-10(7)17/h5-7,10H,1-4,17H2. The zero-order valence-corrected chi connectivity index (χ0v) is 12.1. The minimum atomic E-state index is -0.659. The summed E-state index contributed by atoms with van der Waals surface area (Å²) in [6.45, 7) is 0. The maximum Gasteiger partial charge on any atom is 0.170 e. The van der Waals surface area contributed by atoms with Crippen molar-refractivity contribution in [2.45, 2.75) is 31.7 Å². The molecule has 0 bridgehead atoms. The van der Waals surface area contributed by atoms with Gasteiger partial charge in [0, 0.05) is 16.4 Å². The Bertz CT molecular complexity index is 480. The predicted molar refractivity (Wildman–Crippen MR) is 73.4 cm³/mol. The number of carbonyl (C=O) groups is 1. The highest BCUT2D eigenvalue weighted by Crippen LogP contribution is 2.31. The van der Waals surface area contributed by atoms with Gasteiger partial charge >= 0.3 is 0 Å². The van der Waals surface area contributed by atoms with E-state index >= 15 is 0 Å². The molecule has 1 aliphatic rings. The number of hydrogen-bond donors (Lipinski definition) is 1. The van der Waals surface area contributed by atoms with Crippen LogP contribution in [0.1, 0.15) is 36.0 Å². The minimum absolute atomic E-state index is 0.0468. The second-order valence-electron chi connectivity index (χ2n) is 4.64. The maximum atomic E-state index is 14.0. The third-order valence-electron chi connectivity index (χ3n) is 3.46. The molecule has 0 heterocycles.